The van der Waals surface area contributed by atoms with E-state index in [0.29, 0.717) is 12.2 Å². The molecule has 1 aliphatic rings. The Hall–Kier alpha value is -1.68. The quantitative estimate of drug-likeness (QED) is 0.788. The molecule has 3 rings (SSSR count). The molecule has 0 aliphatic carbocycles. The lowest BCUT2D eigenvalue weighted by atomic mass is 10.00. The minimum atomic E-state index is 0.0499. The van der Waals surface area contributed by atoms with Crippen LogP contribution in [0.4, 0.5) is 0 Å². The number of benzene rings is 1. The Morgan fingerprint density at radius 1 is 1.33 bits per heavy atom. The summed E-state index contributed by atoms with van der Waals surface area (Å²) in [4.78, 5) is 18.4. The zero-order valence-electron chi connectivity index (χ0n) is 10.2. The summed E-state index contributed by atoms with van der Waals surface area (Å²) in [6.45, 7) is 3.41. The van der Waals surface area contributed by atoms with Gasteiger partial charge in [-0.05, 0) is 24.5 Å². The van der Waals surface area contributed by atoms with Gasteiger partial charge in [0.15, 0.2) is 0 Å². The van der Waals surface area contributed by atoms with Crippen LogP contribution in [-0.2, 0) is 13.0 Å². The van der Waals surface area contributed by atoms with Crippen LogP contribution >= 0.6 is 11.3 Å². The molecule has 0 bridgehead atoms. The summed E-state index contributed by atoms with van der Waals surface area (Å²) in [6, 6.07) is 8.32. The van der Waals surface area contributed by atoms with Crippen molar-refractivity contribution in [3.63, 3.8) is 0 Å². The van der Waals surface area contributed by atoms with Gasteiger partial charge < -0.3 is 4.90 Å². The second-order valence-corrected chi connectivity index (χ2v) is 5.56. The normalized spacial score (nSPS) is 14.4. The lowest BCUT2D eigenvalue weighted by Crippen LogP contribution is -2.36. The molecule has 1 amide bonds. The lowest BCUT2D eigenvalue weighted by Gasteiger charge is -2.28. The highest BCUT2D eigenvalue weighted by atomic mass is 32.1. The number of carbonyl (C=O) groups is 1. The predicted octanol–water partition coefficient (Wildman–Crippen LogP) is 2.65. The Morgan fingerprint density at radius 2 is 2.11 bits per heavy atom. The summed E-state index contributed by atoms with van der Waals surface area (Å²) in [5, 5.41) is 2.79. The van der Waals surface area contributed by atoms with Crippen molar-refractivity contribution in [3.8, 4) is 0 Å². The molecule has 4 heteroatoms. The Bertz CT molecular complexity index is 591. The van der Waals surface area contributed by atoms with Gasteiger partial charge in [-0.15, -0.1) is 11.3 Å². The SMILES string of the molecule is Cc1nc(C(=O)N2CCc3ccccc3C2)cs1. The maximum Gasteiger partial charge on any atom is 0.273 e. The third kappa shape index (κ3) is 2.04. The van der Waals surface area contributed by atoms with Gasteiger partial charge in [0, 0.05) is 18.5 Å². The van der Waals surface area contributed by atoms with Crippen LogP contribution in [0.2, 0.25) is 0 Å². The minimum absolute atomic E-state index is 0.0499. The predicted molar refractivity (Wildman–Crippen MR) is 71.7 cm³/mol. The number of hydrogen-bond acceptors (Lipinski definition) is 3. The van der Waals surface area contributed by atoms with Crippen LogP contribution in [0.3, 0.4) is 0 Å². The van der Waals surface area contributed by atoms with Gasteiger partial charge in [-0.25, -0.2) is 4.98 Å². The molecule has 0 unspecified atom stereocenters. The van der Waals surface area contributed by atoms with Crippen LogP contribution in [0, 0.1) is 6.92 Å². The monoisotopic (exact) mass is 258 g/mol. The molecule has 2 heterocycles. The topological polar surface area (TPSA) is 33.2 Å². The van der Waals surface area contributed by atoms with Gasteiger partial charge in [0.2, 0.25) is 0 Å². The molecule has 18 heavy (non-hydrogen) atoms. The van der Waals surface area contributed by atoms with E-state index in [1.165, 1.54) is 22.5 Å². The van der Waals surface area contributed by atoms with E-state index in [0.717, 1.165) is 18.0 Å². The van der Waals surface area contributed by atoms with Gasteiger partial charge in [-0.1, -0.05) is 24.3 Å². The molecule has 2 aromatic rings. The molecule has 0 spiro atoms. The van der Waals surface area contributed by atoms with Gasteiger partial charge in [0.05, 0.1) is 5.01 Å². The summed E-state index contributed by atoms with van der Waals surface area (Å²) >= 11 is 1.52. The number of aryl methyl sites for hydroxylation is 1. The Kier molecular flexibility index (Phi) is 2.88. The van der Waals surface area contributed by atoms with Crippen molar-refractivity contribution < 1.29 is 4.79 Å². The molecule has 0 N–H and O–H groups in total. The fraction of sp³-hybridized carbons (Fsp3) is 0.286. The zero-order chi connectivity index (χ0) is 12.5. The highest BCUT2D eigenvalue weighted by molar-refractivity contribution is 7.09. The number of thiazole rings is 1. The zero-order valence-corrected chi connectivity index (χ0v) is 11.0. The number of fused-ring (bicyclic) bond motifs is 1. The Labute approximate surface area is 110 Å². The lowest BCUT2D eigenvalue weighted by molar-refractivity contribution is 0.0729. The third-order valence-corrected chi connectivity index (χ3v) is 4.03. The fourth-order valence-electron chi connectivity index (χ4n) is 2.29. The van der Waals surface area contributed by atoms with E-state index in [9.17, 15) is 4.79 Å². The van der Waals surface area contributed by atoms with E-state index < -0.39 is 0 Å². The molecule has 3 nitrogen and oxygen atoms in total. The van der Waals surface area contributed by atoms with Crippen molar-refractivity contribution in [3.05, 3.63) is 51.5 Å². The van der Waals surface area contributed by atoms with Crippen molar-refractivity contribution in [1.29, 1.82) is 0 Å². The van der Waals surface area contributed by atoms with Crippen LogP contribution in [0.5, 0.6) is 0 Å². The third-order valence-electron chi connectivity index (χ3n) is 3.26. The van der Waals surface area contributed by atoms with Crippen LogP contribution in [0.1, 0.15) is 26.6 Å². The van der Waals surface area contributed by atoms with Gasteiger partial charge in [-0.2, -0.15) is 0 Å². The van der Waals surface area contributed by atoms with Crippen LogP contribution in [0.15, 0.2) is 29.6 Å². The van der Waals surface area contributed by atoms with Crippen molar-refractivity contribution in [2.45, 2.75) is 19.9 Å². The van der Waals surface area contributed by atoms with E-state index >= 15 is 0 Å². The fourth-order valence-corrected chi connectivity index (χ4v) is 2.88. The average Bonchev–Trinajstić information content (AvgIpc) is 2.84. The highest BCUT2D eigenvalue weighted by Crippen LogP contribution is 2.20. The molecule has 1 aromatic carbocycles. The molecule has 0 saturated heterocycles. The van der Waals surface area contributed by atoms with Gasteiger partial charge in [0.25, 0.3) is 5.91 Å². The van der Waals surface area contributed by atoms with Crippen molar-refractivity contribution in [1.82, 2.24) is 9.88 Å². The number of nitrogens with zero attached hydrogens (tertiary/aromatic N) is 2. The molecule has 0 radical (unpaired) electrons. The minimum Gasteiger partial charge on any atom is -0.333 e. The molecule has 0 saturated carbocycles. The largest absolute Gasteiger partial charge is 0.333 e. The first-order chi connectivity index (χ1) is 8.74. The Morgan fingerprint density at radius 3 is 2.83 bits per heavy atom. The molecule has 0 atom stereocenters. The maximum atomic E-state index is 12.3. The molecule has 92 valence electrons. The maximum absolute atomic E-state index is 12.3. The number of amides is 1. The van der Waals surface area contributed by atoms with E-state index in [2.05, 4.69) is 23.2 Å². The number of carbonyl (C=O) groups excluding carboxylic acids is 1. The van der Waals surface area contributed by atoms with Gasteiger partial charge >= 0.3 is 0 Å². The van der Waals surface area contributed by atoms with E-state index in [4.69, 9.17) is 0 Å². The number of hydrogen-bond donors (Lipinski definition) is 0. The van der Waals surface area contributed by atoms with Crippen LogP contribution in [-0.4, -0.2) is 22.3 Å². The average molecular weight is 258 g/mol. The standard InChI is InChI=1S/C14H14N2OS/c1-10-15-13(9-18-10)14(17)16-7-6-11-4-2-3-5-12(11)8-16/h2-5,9H,6-8H2,1H3. The van der Waals surface area contributed by atoms with E-state index in [-0.39, 0.29) is 5.91 Å². The second-order valence-electron chi connectivity index (χ2n) is 4.50. The summed E-state index contributed by atoms with van der Waals surface area (Å²) in [7, 11) is 0. The number of aromatic nitrogens is 1. The van der Waals surface area contributed by atoms with Gasteiger partial charge in [-0.3, -0.25) is 4.79 Å². The highest BCUT2D eigenvalue weighted by Gasteiger charge is 2.22. The van der Waals surface area contributed by atoms with E-state index in [1.807, 2.05) is 23.3 Å². The number of rotatable bonds is 1. The van der Waals surface area contributed by atoms with Crippen LogP contribution in [0.25, 0.3) is 0 Å². The first kappa shape index (κ1) is 11.4. The van der Waals surface area contributed by atoms with E-state index in [1.54, 1.807) is 0 Å². The molecule has 0 fully saturated rings. The molecular weight excluding hydrogens is 244 g/mol. The summed E-state index contributed by atoms with van der Waals surface area (Å²) in [5.74, 6) is 0.0499. The second kappa shape index (κ2) is 4.53. The van der Waals surface area contributed by atoms with Crippen molar-refractivity contribution in [2.75, 3.05) is 6.54 Å². The molecular formula is C14H14N2OS. The first-order valence-corrected chi connectivity index (χ1v) is 6.90. The van der Waals surface area contributed by atoms with Crippen molar-refractivity contribution in [2.24, 2.45) is 0 Å². The van der Waals surface area contributed by atoms with Crippen LogP contribution < -0.4 is 0 Å². The Balaban J connectivity index is 1.82. The summed E-state index contributed by atoms with van der Waals surface area (Å²) in [6.07, 6.45) is 0.936. The smallest absolute Gasteiger partial charge is 0.273 e. The molecule has 1 aliphatic heterocycles. The van der Waals surface area contributed by atoms with Gasteiger partial charge in [0.1, 0.15) is 5.69 Å². The molecule has 1 aromatic heterocycles. The summed E-state index contributed by atoms with van der Waals surface area (Å²) < 4.78 is 0. The van der Waals surface area contributed by atoms with Crippen molar-refractivity contribution >= 4 is 17.2 Å². The summed E-state index contributed by atoms with van der Waals surface area (Å²) in [5.41, 5.74) is 3.19. The first-order valence-electron chi connectivity index (χ1n) is 6.02.